The smallest absolute Gasteiger partial charge is 0.189 e. The van der Waals surface area contributed by atoms with Gasteiger partial charge in [0.05, 0.1) is 10.5 Å². The Kier molecular flexibility index (Phi) is 2.96. The van der Waals surface area contributed by atoms with E-state index in [2.05, 4.69) is 4.98 Å². The molecule has 1 N–H and O–H groups in total. The molecule has 0 aliphatic rings. The fourth-order valence-electron chi connectivity index (χ4n) is 1.61. The number of hydrogen-bond donors (Lipinski definition) is 1. The van der Waals surface area contributed by atoms with Gasteiger partial charge in [-0.3, -0.25) is 4.79 Å². The second kappa shape index (κ2) is 4.11. The molecule has 0 amide bonds. The van der Waals surface area contributed by atoms with E-state index in [0.29, 0.717) is 20.9 Å². The zero-order chi connectivity index (χ0) is 11.9. The molecular weight excluding hydrogens is 245 g/mol. The fourth-order valence-corrected chi connectivity index (χ4v) is 2.15. The Morgan fingerprint density at radius 1 is 1.19 bits per heavy atom. The molecule has 16 heavy (non-hydrogen) atoms. The largest absolute Gasteiger partial charge is 0.357 e. The minimum atomic E-state index is -0.0538. The lowest BCUT2D eigenvalue weighted by Gasteiger charge is -2.08. The summed E-state index contributed by atoms with van der Waals surface area (Å²) in [6, 6.07) is 4.86. The van der Waals surface area contributed by atoms with Crippen LogP contribution in [-0.2, 0) is 0 Å². The highest BCUT2D eigenvalue weighted by Gasteiger charge is 2.08. The van der Waals surface area contributed by atoms with Crippen LogP contribution in [0.2, 0.25) is 10.0 Å². The van der Waals surface area contributed by atoms with Crippen LogP contribution in [0.3, 0.4) is 0 Å². The van der Waals surface area contributed by atoms with Crippen LogP contribution in [0.4, 0.5) is 0 Å². The number of nitrogens with one attached hydrogen (secondary N) is 1. The SMILES string of the molecule is CC(C)c1cc(=O)c2cc(Cl)cc(Cl)c2[nH]1. The van der Waals surface area contributed by atoms with E-state index in [1.54, 1.807) is 18.2 Å². The van der Waals surface area contributed by atoms with E-state index in [4.69, 9.17) is 23.2 Å². The zero-order valence-corrected chi connectivity index (χ0v) is 10.5. The van der Waals surface area contributed by atoms with Crippen molar-refractivity contribution in [2.75, 3.05) is 0 Å². The van der Waals surface area contributed by atoms with Crippen LogP contribution >= 0.6 is 23.2 Å². The number of halogens is 2. The molecule has 0 bridgehead atoms. The van der Waals surface area contributed by atoms with Gasteiger partial charge in [-0.25, -0.2) is 0 Å². The van der Waals surface area contributed by atoms with Crippen molar-refractivity contribution in [3.05, 3.63) is 44.2 Å². The maximum Gasteiger partial charge on any atom is 0.189 e. The first-order chi connectivity index (χ1) is 7.49. The monoisotopic (exact) mass is 255 g/mol. The molecule has 4 heteroatoms. The topological polar surface area (TPSA) is 32.9 Å². The summed E-state index contributed by atoms with van der Waals surface area (Å²) in [6.45, 7) is 4.03. The fraction of sp³-hybridized carbons (Fsp3) is 0.250. The van der Waals surface area contributed by atoms with Crippen LogP contribution in [-0.4, -0.2) is 4.98 Å². The number of H-pyrrole nitrogens is 1. The summed E-state index contributed by atoms with van der Waals surface area (Å²) in [4.78, 5) is 15.0. The van der Waals surface area contributed by atoms with Crippen molar-refractivity contribution in [2.45, 2.75) is 19.8 Å². The third kappa shape index (κ3) is 1.95. The minimum absolute atomic E-state index is 0.0538. The summed E-state index contributed by atoms with van der Waals surface area (Å²) in [5, 5.41) is 1.48. The van der Waals surface area contributed by atoms with Crippen molar-refractivity contribution in [1.29, 1.82) is 0 Å². The number of fused-ring (bicyclic) bond motifs is 1. The third-order valence-corrected chi connectivity index (χ3v) is 3.01. The predicted molar refractivity (Wildman–Crippen MR) is 68.7 cm³/mol. The summed E-state index contributed by atoms with van der Waals surface area (Å²) >= 11 is 11.9. The second-order valence-electron chi connectivity index (χ2n) is 4.05. The molecule has 0 saturated carbocycles. The van der Waals surface area contributed by atoms with Gasteiger partial charge in [0.2, 0.25) is 0 Å². The van der Waals surface area contributed by atoms with Gasteiger partial charge in [0.15, 0.2) is 5.43 Å². The van der Waals surface area contributed by atoms with Crippen LogP contribution in [0.1, 0.15) is 25.5 Å². The van der Waals surface area contributed by atoms with Crippen molar-refractivity contribution >= 4 is 34.1 Å². The maximum absolute atomic E-state index is 11.9. The van der Waals surface area contributed by atoms with Crippen molar-refractivity contribution in [1.82, 2.24) is 4.98 Å². The summed E-state index contributed by atoms with van der Waals surface area (Å²) in [5.74, 6) is 0.254. The van der Waals surface area contributed by atoms with Gasteiger partial charge >= 0.3 is 0 Å². The predicted octanol–water partition coefficient (Wildman–Crippen LogP) is 3.96. The standard InChI is InChI=1S/C12H11Cl2NO/c1-6(2)10-5-11(16)8-3-7(13)4-9(14)12(8)15-10/h3-6H,1-2H3,(H,15,16). The van der Waals surface area contributed by atoms with Crippen molar-refractivity contribution in [3.8, 4) is 0 Å². The first kappa shape index (κ1) is 11.5. The number of aromatic amines is 1. The first-order valence-electron chi connectivity index (χ1n) is 5.01. The van der Waals surface area contributed by atoms with Gasteiger partial charge in [-0.15, -0.1) is 0 Å². The van der Waals surface area contributed by atoms with E-state index in [-0.39, 0.29) is 11.3 Å². The molecule has 84 valence electrons. The van der Waals surface area contributed by atoms with E-state index >= 15 is 0 Å². The zero-order valence-electron chi connectivity index (χ0n) is 8.97. The Morgan fingerprint density at radius 2 is 1.88 bits per heavy atom. The highest BCUT2D eigenvalue weighted by atomic mass is 35.5. The molecule has 2 nitrogen and oxygen atoms in total. The van der Waals surface area contributed by atoms with E-state index in [1.165, 1.54) is 0 Å². The van der Waals surface area contributed by atoms with Gasteiger partial charge in [-0.2, -0.15) is 0 Å². The van der Waals surface area contributed by atoms with Gasteiger partial charge in [-0.05, 0) is 18.1 Å². The third-order valence-electron chi connectivity index (χ3n) is 2.50. The maximum atomic E-state index is 11.9. The number of aromatic nitrogens is 1. The highest BCUT2D eigenvalue weighted by molar-refractivity contribution is 6.38. The van der Waals surface area contributed by atoms with Gasteiger partial charge in [0.25, 0.3) is 0 Å². The van der Waals surface area contributed by atoms with Crippen molar-refractivity contribution < 1.29 is 0 Å². The lowest BCUT2D eigenvalue weighted by molar-refractivity contribution is 0.828. The number of hydrogen-bond acceptors (Lipinski definition) is 1. The average Bonchev–Trinajstić information content (AvgIpc) is 2.19. The second-order valence-corrected chi connectivity index (χ2v) is 4.90. The van der Waals surface area contributed by atoms with E-state index in [0.717, 1.165) is 5.69 Å². The Morgan fingerprint density at radius 3 is 2.50 bits per heavy atom. The van der Waals surface area contributed by atoms with Gasteiger partial charge < -0.3 is 4.98 Å². The molecule has 0 atom stereocenters. The number of pyridine rings is 1. The Labute approximate surface area is 103 Å². The normalized spacial score (nSPS) is 11.3. The van der Waals surface area contributed by atoms with Gasteiger partial charge in [0.1, 0.15) is 0 Å². The number of rotatable bonds is 1. The van der Waals surface area contributed by atoms with Crippen LogP contribution in [0.25, 0.3) is 10.9 Å². The molecule has 1 heterocycles. The van der Waals surface area contributed by atoms with Gasteiger partial charge in [-0.1, -0.05) is 37.0 Å². The van der Waals surface area contributed by atoms with E-state index in [9.17, 15) is 4.79 Å². The molecule has 0 aliphatic carbocycles. The average molecular weight is 256 g/mol. The first-order valence-corrected chi connectivity index (χ1v) is 5.76. The van der Waals surface area contributed by atoms with Crippen LogP contribution in [0.5, 0.6) is 0 Å². The molecule has 0 radical (unpaired) electrons. The highest BCUT2D eigenvalue weighted by Crippen LogP contribution is 2.25. The van der Waals surface area contributed by atoms with E-state index < -0.39 is 0 Å². The van der Waals surface area contributed by atoms with Crippen molar-refractivity contribution in [3.63, 3.8) is 0 Å². The van der Waals surface area contributed by atoms with Crippen LogP contribution in [0, 0.1) is 0 Å². The van der Waals surface area contributed by atoms with Crippen LogP contribution < -0.4 is 5.43 Å². The Hall–Kier alpha value is -0.990. The summed E-state index contributed by atoms with van der Waals surface area (Å²) in [5.41, 5.74) is 1.48. The molecule has 0 spiro atoms. The molecule has 0 saturated heterocycles. The lowest BCUT2D eigenvalue weighted by atomic mass is 10.1. The molecular formula is C12H11Cl2NO. The Balaban J connectivity index is 2.87. The van der Waals surface area contributed by atoms with Crippen LogP contribution in [0.15, 0.2) is 23.0 Å². The lowest BCUT2D eigenvalue weighted by Crippen LogP contribution is -2.06. The molecule has 0 aliphatic heterocycles. The molecule has 2 rings (SSSR count). The summed E-state index contributed by atoms with van der Waals surface area (Å²) < 4.78 is 0. The van der Waals surface area contributed by atoms with E-state index in [1.807, 2.05) is 13.8 Å². The summed E-state index contributed by atoms with van der Waals surface area (Å²) in [6.07, 6.45) is 0. The molecule has 0 unspecified atom stereocenters. The van der Waals surface area contributed by atoms with Gasteiger partial charge in [0, 0.05) is 22.2 Å². The van der Waals surface area contributed by atoms with Crippen molar-refractivity contribution in [2.24, 2.45) is 0 Å². The summed E-state index contributed by atoms with van der Waals surface area (Å²) in [7, 11) is 0. The molecule has 2 aromatic rings. The minimum Gasteiger partial charge on any atom is -0.357 e. The Bertz CT molecular complexity index is 602. The molecule has 1 aromatic heterocycles. The molecule has 0 fully saturated rings. The molecule has 1 aromatic carbocycles. The quantitative estimate of drug-likeness (QED) is 0.823. The number of benzene rings is 1.